The van der Waals surface area contributed by atoms with Crippen molar-refractivity contribution in [2.75, 3.05) is 5.75 Å². The Kier molecular flexibility index (Phi) is 13.0. The third kappa shape index (κ3) is 15.8. The van der Waals surface area contributed by atoms with Crippen LogP contribution in [0.1, 0.15) is 19.8 Å². The minimum absolute atomic E-state index is 0. The van der Waals surface area contributed by atoms with Crippen molar-refractivity contribution < 1.29 is 17.7 Å². The van der Waals surface area contributed by atoms with E-state index in [2.05, 4.69) is 0 Å². The second-order valence-corrected chi connectivity index (χ2v) is 3.21. The molecule has 1 N–H and O–H groups in total. The number of unbranched alkanes of at least 4 members (excludes halogenated alkanes) is 1. The maximum atomic E-state index is 9.95. The van der Waals surface area contributed by atoms with Gasteiger partial charge in [-0.05, 0) is 6.42 Å². The highest BCUT2D eigenvalue weighted by molar-refractivity contribution is 7.85. The Bertz CT molecular complexity index is 145. The van der Waals surface area contributed by atoms with Gasteiger partial charge in [-0.1, -0.05) is 13.3 Å². The zero-order chi connectivity index (χ0) is 6.62. The molecule has 0 spiro atoms. The highest BCUT2D eigenvalue weighted by Gasteiger charge is 2.00. The van der Waals surface area contributed by atoms with Gasteiger partial charge in [-0.25, -0.2) is 0 Å². The first kappa shape index (κ1) is 16.9. The minimum atomic E-state index is -3.69. The average Bonchev–Trinajstić information content (AvgIpc) is 1.59. The zero-order valence-corrected chi connectivity index (χ0v) is 6.02. The number of halogens is 1. The molecule has 0 fully saturated rings. The Labute approximate surface area is 76.5 Å². The van der Waals surface area contributed by atoms with Crippen molar-refractivity contribution in [1.82, 2.24) is 0 Å². The Morgan fingerprint density at radius 3 is 1.90 bits per heavy atom. The molecule has 0 unspecified atom stereocenters. The van der Waals surface area contributed by atoms with Gasteiger partial charge in [0.25, 0.3) is 10.1 Å². The summed E-state index contributed by atoms with van der Waals surface area (Å²) in [5.74, 6) is -0.108. The summed E-state index contributed by atoms with van der Waals surface area (Å²) in [4.78, 5) is 0. The summed E-state index contributed by atoms with van der Waals surface area (Å²) >= 11 is 0. The van der Waals surface area contributed by atoms with Crippen LogP contribution in [0.15, 0.2) is 0 Å². The lowest BCUT2D eigenvalue weighted by atomic mass is 10.4. The Hall–Kier alpha value is 0.606. The van der Waals surface area contributed by atoms with Crippen molar-refractivity contribution >= 4 is 33.2 Å². The molecule has 0 saturated heterocycles. The Morgan fingerprint density at radius 2 is 1.80 bits per heavy atom. The molecule has 3 nitrogen and oxygen atoms in total. The molecule has 0 saturated carbocycles. The number of hydrogen-bond donors (Lipinski definition) is 1. The van der Waals surface area contributed by atoms with E-state index in [1.807, 2.05) is 6.92 Å². The van der Waals surface area contributed by atoms with Crippen LogP contribution in [0.4, 0.5) is 4.70 Å². The van der Waals surface area contributed by atoms with Crippen molar-refractivity contribution in [2.24, 2.45) is 0 Å². The van der Waals surface area contributed by atoms with Crippen molar-refractivity contribution in [3.8, 4) is 0 Å². The first-order valence-electron chi connectivity index (χ1n) is 2.51. The van der Waals surface area contributed by atoms with E-state index in [0.29, 0.717) is 6.42 Å². The van der Waals surface area contributed by atoms with Gasteiger partial charge in [0, 0.05) is 0 Å². The summed E-state index contributed by atoms with van der Waals surface area (Å²) in [6.07, 6.45) is 1.33. The molecule has 0 amide bonds. The van der Waals surface area contributed by atoms with Crippen LogP contribution in [-0.4, -0.2) is 41.8 Å². The fraction of sp³-hybridized carbons (Fsp3) is 1.00. The van der Waals surface area contributed by atoms with E-state index in [0.717, 1.165) is 6.42 Å². The summed E-state index contributed by atoms with van der Waals surface area (Å²) in [6.45, 7) is 1.87. The van der Waals surface area contributed by atoms with E-state index in [1.54, 1.807) is 0 Å². The second-order valence-electron chi connectivity index (χ2n) is 1.64. The van der Waals surface area contributed by atoms with Crippen molar-refractivity contribution in [3.05, 3.63) is 0 Å². The maximum absolute atomic E-state index is 9.95. The second kappa shape index (κ2) is 7.71. The van der Waals surface area contributed by atoms with Crippen LogP contribution < -0.4 is 0 Å². The fourth-order valence-electron chi connectivity index (χ4n) is 0.327. The molecule has 0 rings (SSSR count). The van der Waals surface area contributed by atoms with E-state index >= 15 is 0 Å². The van der Waals surface area contributed by atoms with Crippen LogP contribution in [0.2, 0.25) is 0 Å². The third-order valence-electron chi connectivity index (χ3n) is 0.756. The fourth-order valence-corrected chi connectivity index (χ4v) is 0.980. The van der Waals surface area contributed by atoms with E-state index in [9.17, 15) is 8.42 Å². The van der Waals surface area contributed by atoms with Gasteiger partial charge in [-0.15, -0.1) is 0 Å². The molecule has 0 heterocycles. The molecule has 0 radical (unpaired) electrons. The van der Waals surface area contributed by atoms with Crippen LogP contribution in [0, 0.1) is 0 Å². The molecule has 0 aliphatic carbocycles. The topological polar surface area (TPSA) is 54.4 Å². The molecule has 0 aliphatic heterocycles. The molecule has 6 heteroatoms. The van der Waals surface area contributed by atoms with E-state index < -0.39 is 10.1 Å². The van der Waals surface area contributed by atoms with Crippen LogP contribution >= 0.6 is 0 Å². The lowest BCUT2D eigenvalue weighted by molar-refractivity contribution is 0.480. The molecule has 0 aromatic rings. The third-order valence-corrected chi connectivity index (χ3v) is 1.56. The molecule has 62 valence electrons. The largest absolute Gasteiger partial charge is 0.316 e. The van der Waals surface area contributed by atoms with Crippen LogP contribution in [0.3, 0.4) is 0 Å². The van der Waals surface area contributed by atoms with Crippen LogP contribution in [0.5, 0.6) is 0 Å². The molecule has 0 atom stereocenters. The summed E-state index contributed by atoms with van der Waals surface area (Å²) in [5.41, 5.74) is 0. The highest BCUT2D eigenvalue weighted by atomic mass is 32.2. The standard InChI is InChI=1S/C4H10O3S.FH.Mg.2H/c1-2-3-4-8(5,6)7;;;;/h2-4H2,1H3,(H,5,6,7);1H;;;. The van der Waals surface area contributed by atoms with Crippen LogP contribution in [0.25, 0.3) is 0 Å². The molecule has 0 aromatic carbocycles. The SMILES string of the molecule is CCCCS(=O)(=O)O.F.[MgH2]. The zero-order valence-electron chi connectivity index (χ0n) is 5.20. The molecule has 0 aromatic heterocycles. The normalized spacial score (nSPS) is 9.40. The van der Waals surface area contributed by atoms with Crippen molar-refractivity contribution in [1.29, 1.82) is 0 Å². The Morgan fingerprint density at radius 1 is 1.40 bits per heavy atom. The average molecular weight is 185 g/mol. The number of hydrogen-bond acceptors (Lipinski definition) is 2. The van der Waals surface area contributed by atoms with E-state index in [-0.39, 0.29) is 33.5 Å². The highest BCUT2D eigenvalue weighted by Crippen LogP contribution is 1.90. The Balaban J connectivity index is -0.000000245. The maximum Gasteiger partial charge on any atom is 0.316 e. The summed E-state index contributed by atoms with van der Waals surface area (Å²) in [6, 6.07) is 0. The summed E-state index contributed by atoms with van der Waals surface area (Å²) < 4.78 is 28.0. The van der Waals surface area contributed by atoms with Crippen molar-refractivity contribution in [2.45, 2.75) is 19.8 Å². The van der Waals surface area contributed by atoms with Gasteiger partial charge in [0.2, 0.25) is 0 Å². The molecular formula is C4H13FMgO3S. The first-order chi connectivity index (χ1) is 3.56. The smallest absolute Gasteiger partial charge is 0.286 e. The van der Waals surface area contributed by atoms with E-state index in [4.69, 9.17) is 4.55 Å². The molecule has 10 heavy (non-hydrogen) atoms. The monoisotopic (exact) mass is 184 g/mol. The predicted molar refractivity (Wildman–Crippen MR) is 42.4 cm³/mol. The van der Waals surface area contributed by atoms with Gasteiger partial charge in [0.15, 0.2) is 0 Å². The first-order valence-corrected chi connectivity index (χ1v) is 4.12. The van der Waals surface area contributed by atoms with Gasteiger partial charge in [-0.3, -0.25) is 9.26 Å². The van der Waals surface area contributed by atoms with E-state index in [1.165, 1.54) is 0 Å². The van der Waals surface area contributed by atoms with Crippen LogP contribution in [-0.2, 0) is 10.1 Å². The van der Waals surface area contributed by atoms with Gasteiger partial charge in [0.05, 0.1) is 5.75 Å². The van der Waals surface area contributed by atoms with Crippen molar-refractivity contribution in [3.63, 3.8) is 0 Å². The molecular weight excluding hydrogens is 171 g/mol. The van der Waals surface area contributed by atoms with Gasteiger partial charge < -0.3 is 0 Å². The van der Waals surface area contributed by atoms with Gasteiger partial charge in [-0.2, -0.15) is 8.42 Å². The van der Waals surface area contributed by atoms with Gasteiger partial charge in [0.1, 0.15) is 0 Å². The minimum Gasteiger partial charge on any atom is -0.286 e. The lowest BCUT2D eigenvalue weighted by Gasteiger charge is -1.90. The quantitative estimate of drug-likeness (QED) is 0.493. The molecule has 0 bridgehead atoms. The lowest BCUT2D eigenvalue weighted by Crippen LogP contribution is -2.02. The predicted octanol–water partition coefficient (Wildman–Crippen LogP) is -0.0894. The number of rotatable bonds is 3. The molecule has 0 aliphatic rings. The van der Waals surface area contributed by atoms with Gasteiger partial charge >= 0.3 is 23.1 Å². The summed E-state index contributed by atoms with van der Waals surface area (Å²) in [5, 5.41) is 0. The summed E-state index contributed by atoms with van der Waals surface area (Å²) in [7, 11) is -3.69.